The first kappa shape index (κ1) is 19.9. The molecule has 0 amide bonds. The maximum atomic E-state index is 13.3. The van der Waals surface area contributed by atoms with E-state index in [-0.39, 0.29) is 17.3 Å². The maximum Gasteiger partial charge on any atom is 0.242 e. The van der Waals surface area contributed by atoms with Crippen molar-refractivity contribution in [3.63, 3.8) is 0 Å². The highest BCUT2D eigenvalue weighted by Gasteiger charge is 2.41. The number of hydrogen-bond donors (Lipinski definition) is 2. The third-order valence-electron chi connectivity index (χ3n) is 7.04. The molecule has 7 heteroatoms. The van der Waals surface area contributed by atoms with Crippen molar-refractivity contribution in [1.82, 2.24) is 9.29 Å². The zero-order chi connectivity index (χ0) is 20.2. The van der Waals surface area contributed by atoms with Gasteiger partial charge in [0.05, 0.1) is 22.6 Å². The first-order valence-corrected chi connectivity index (χ1v) is 12.8. The average molecular weight is 437 g/mol. The van der Waals surface area contributed by atoms with Crippen LogP contribution in [0, 0.1) is 5.92 Å². The lowest BCUT2D eigenvalue weighted by Crippen LogP contribution is -2.34. The Bertz CT molecular complexity index is 1020. The van der Waals surface area contributed by atoms with Gasteiger partial charge in [-0.2, -0.15) is 0 Å². The molecule has 1 aromatic heterocycles. The topological polar surface area (TPSA) is 71.3 Å². The van der Waals surface area contributed by atoms with E-state index in [1.54, 1.807) is 10.0 Å². The fraction of sp³-hybridized carbons (Fsp3) is 0.636. The number of rotatable bonds is 5. The molecule has 0 spiro atoms. The zero-order valence-corrected chi connectivity index (χ0v) is 18.2. The number of hydrogen-bond acceptors (Lipinski definition) is 4. The molecule has 2 heterocycles. The molecule has 2 unspecified atom stereocenters. The molecule has 3 aliphatic rings. The largest absolute Gasteiger partial charge is 0.393 e. The van der Waals surface area contributed by atoms with Gasteiger partial charge in [0.1, 0.15) is 0 Å². The highest BCUT2D eigenvalue weighted by atomic mass is 35.5. The SMILES string of the molecule is O=S(=O)(C1CC1)n1c2c(c3cc(Cl)ccc31)C(CC(O)C1CCCCC1)CNC2. The van der Waals surface area contributed by atoms with Gasteiger partial charge in [-0.3, -0.25) is 0 Å². The van der Waals surface area contributed by atoms with E-state index in [0.717, 1.165) is 54.4 Å². The van der Waals surface area contributed by atoms with E-state index in [4.69, 9.17) is 11.6 Å². The fourth-order valence-electron chi connectivity index (χ4n) is 5.41. The molecule has 5 nitrogen and oxygen atoms in total. The molecular formula is C22H29ClN2O3S. The number of nitrogens with zero attached hydrogens (tertiary/aromatic N) is 1. The number of fused-ring (bicyclic) bond motifs is 3. The highest BCUT2D eigenvalue weighted by Crippen LogP contribution is 2.42. The van der Waals surface area contributed by atoms with Crippen molar-refractivity contribution in [2.24, 2.45) is 5.92 Å². The Labute approximate surface area is 177 Å². The lowest BCUT2D eigenvalue weighted by molar-refractivity contribution is 0.0700. The standard InChI is InChI=1S/C22H29ClN2O3S/c23-16-6-9-19-18(11-16)22-15(10-21(26)14-4-2-1-3-5-14)12-24-13-20(22)25(19)29(27,28)17-7-8-17/h6,9,11,14-15,17,21,24,26H,1-5,7-8,10,12-13H2. The van der Waals surface area contributed by atoms with E-state index in [1.807, 2.05) is 12.1 Å². The molecule has 5 rings (SSSR count). The van der Waals surface area contributed by atoms with Gasteiger partial charge in [0.2, 0.25) is 10.0 Å². The van der Waals surface area contributed by atoms with Crippen molar-refractivity contribution < 1.29 is 13.5 Å². The van der Waals surface area contributed by atoms with Crippen LogP contribution in [0.5, 0.6) is 0 Å². The molecule has 29 heavy (non-hydrogen) atoms. The Morgan fingerprint density at radius 3 is 2.66 bits per heavy atom. The van der Waals surface area contributed by atoms with Gasteiger partial charge in [-0.05, 0) is 61.8 Å². The summed E-state index contributed by atoms with van der Waals surface area (Å²) in [7, 11) is -3.40. The Kier molecular flexibility index (Phi) is 5.18. The molecule has 0 saturated heterocycles. The Morgan fingerprint density at radius 1 is 1.17 bits per heavy atom. The summed E-state index contributed by atoms with van der Waals surface area (Å²) in [6.07, 6.45) is 7.65. The predicted octanol–water partition coefficient (Wildman–Crippen LogP) is 4.15. The molecule has 2 fully saturated rings. The van der Waals surface area contributed by atoms with Crippen molar-refractivity contribution in [3.05, 3.63) is 34.5 Å². The van der Waals surface area contributed by atoms with Gasteiger partial charge in [0.15, 0.2) is 0 Å². The summed E-state index contributed by atoms with van der Waals surface area (Å²) in [5, 5.41) is 15.7. The van der Waals surface area contributed by atoms with E-state index >= 15 is 0 Å². The van der Waals surface area contributed by atoms with Crippen LogP contribution >= 0.6 is 11.6 Å². The van der Waals surface area contributed by atoms with Crippen molar-refractivity contribution in [1.29, 1.82) is 0 Å². The number of aromatic nitrogens is 1. The minimum atomic E-state index is -3.40. The van der Waals surface area contributed by atoms with Gasteiger partial charge in [-0.15, -0.1) is 0 Å². The Morgan fingerprint density at radius 2 is 1.93 bits per heavy atom. The van der Waals surface area contributed by atoms with Crippen LogP contribution in [0.1, 0.15) is 68.5 Å². The number of halogens is 1. The fourth-order valence-corrected chi connectivity index (χ4v) is 7.52. The van der Waals surface area contributed by atoms with Crippen LogP contribution in [0.3, 0.4) is 0 Å². The molecule has 1 aromatic carbocycles. The molecule has 2 aliphatic carbocycles. The van der Waals surface area contributed by atoms with Gasteiger partial charge in [0.25, 0.3) is 0 Å². The third-order valence-corrected chi connectivity index (χ3v) is 9.51. The monoisotopic (exact) mass is 436 g/mol. The summed E-state index contributed by atoms with van der Waals surface area (Å²) in [6, 6.07) is 5.51. The van der Waals surface area contributed by atoms with Crippen LogP contribution in [0.2, 0.25) is 5.02 Å². The Balaban J connectivity index is 1.58. The molecule has 1 aliphatic heterocycles. The van der Waals surface area contributed by atoms with Crippen LogP contribution in [-0.4, -0.2) is 35.4 Å². The van der Waals surface area contributed by atoms with Crippen LogP contribution < -0.4 is 5.32 Å². The van der Waals surface area contributed by atoms with Crippen molar-refractivity contribution >= 4 is 32.5 Å². The number of nitrogens with one attached hydrogen (secondary N) is 1. The second-order valence-electron chi connectivity index (χ2n) is 9.06. The van der Waals surface area contributed by atoms with E-state index < -0.39 is 10.0 Å². The van der Waals surface area contributed by atoms with E-state index in [0.29, 0.717) is 23.9 Å². The summed E-state index contributed by atoms with van der Waals surface area (Å²) >= 11 is 6.31. The van der Waals surface area contributed by atoms with Gasteiger partial charge >= 0.3 is 0 Å². The molecule has 0 radical (unpaired) electrons. The van der Waals surface area contributed by atoms with Gasteiger partial charge < -0.3 is 10.4 Å². The quantitative estimate of drug-likeness (QED) is 0.738. The third kappa shape index (κ3) is 3.52. The summed E-state index contributed by atoms with van der Waals surface area (Å²) in [5.74, 6) is 0.452. The number of aliphatic hydroxyl groups excluding tert-OH is 1. The minimum absolute atomic E-state index is 0.0901. The van der Waals surface area contributed by atoms with Crippen molar-refractivity contribution in [3.8, 4) is 0 Å². The lowest BCUT2D eigenvalue weighted by Gasteiger charge is -2.32. The van der Waals surface area contributed by atoms with E-state index in [2.05, 4.69) is 5.32 Å². The normalized spacial score (nSPS) is 24.6. The van der Waals surface area contributed by atoms with Crippen LogP contribution in [0.25, 0.3) is 10.9 Å². The summed E-state index contributed by atoms with van der Waals surface area (Å²) in [4.78, 5) is 0. The van der Waals surface area contributed by atoms with Gasteiger partial charge in [0, 0.05) is 29.4 Å². The van der Waals surface area contributed by atoms with Crippen molar-refractivity contribution in [2.45, 2.75) is 75.2 Å². The van der Waals surface area contributed by atoms with E-state index in [1.165, 1.54) is 19.3 Å². The Hall–Kier alpha value is -1.08. The molecular weight excluding hydrogens is 408 g/mol. The first-order chi connectivity index (χ1) is 14.0. The van der Waals surface area contributed by atoms with Crippen LogP contribution in [0.15, 0.2) is 18.2 Å². The second kappa shape index (κ2) is 7.56. The molecule has 2 aromatic rings. The van der Waals surface area contributed by atoms with Gasteiger partial charge in [-0.1, -0.05) is 30.9 Å². The minimum Gasteiger partial charge on any atom is -0.393 e. The van der Waals surface area contributed by atoms with E-state index in [9.17, 15) is 13.5 Å². The van der Waals surface area contributed by atoms with Crippen LogP contribution in [0.4, 0.5) is 0 Å². The number of aliphatic hydroxyl groups is 1. The lowest BCUT2D eigenvalue weighted by atomic mass is 9.79. The number of benzene rings is 1. The summed E-state index contributed by atoms with van der Waals surface area (Å²) in [6.45, 7) is 1.29. The second-order valence-corrected chi connectivity index (χ2v) is 11.6. The van der Waals surface area contributed by atoms with Gasteiger partial charge in [-0.25, -0.2) is 12.4 Å². The maximum absolute atomic E-state index is 13.3. The van der Waals surface area contributed by atoms with Crippen LogP contribution in [-0.2, 0) is 16.6 Å². The molecule has 2 atom stereocenters. The predicted molar refractivity (Wildman–Crippen MR) is 116 cm³/mol. The summed E-state index contributed by atoms with van der Waals surface area (Å²) in [5.41, 5.74) is 2.63. The van der Waals surface area contributed by atoms with Crippen molar-refractivity contribution in [2.75, 3.05) is 6.54 Å². The average Bonchev–Trinajstić information content (AvgIpc) is 3.52. The molecule has 2 saturated carbocycles. The zero-order valence-electron chi connectivity index (χ0n) is 16.6. The smallest absolute Gasteiger partial charge is 0.242 e. The molecule has 0 bridgehead atoms. The summed E-state index contributed by atoms with van der Waals surface area (Å²) < 4.78 is 28.1. The highest BCUT2D eigenvalue weighted by molar-refractivity contribution is 7.91. The molecule has 158 valence electrons. The molecule has 2 N–H and O–H groups in total. The first-order valence-electron chi connectivity index (χ1n) is 10.9.